The first kappa shape index (κ1) is 14.3. The largest absolute Gasteiger partial charge is 0.363 e. The normalized spacial score (nSPS) is 17.5. The summed E-state index contributed by atoms with van der Waals surface area (Å²) < 4.78 is 26.5. The van der Waals surface area contributed by atoms with E-state index >= 15 is 0 Å². The monoisotopic (exact) mass is 283 g/mol. The molecule has 6 heteroatoms. The van der Waals surface area contributed by atoms with Gasteiger partial charge in [-0.15, -0.1) is 0 Å². The molecule has 0 radical (unpaired) electrons. The molecular weight excluding hydrogens is 262 g/mol. The summed E-state index contributed by atoms with van der Waals surface area (Å²) in [5.41, 5.74) is 2.00. The maximum atomic E-state index is 12.5. The Morgan fingerprint density at radius 2 is 2.26 bits per heavy atom. The fourth-order valence-corrected chi connectivity index (χ4v) is 3.68. The van der Waals surface area contributed by atoms with Crippen LogP contribution in [0, 0.1) is 0 Å². The maximum absolute atomic E-state index is 12.5. The van der Waals surface area contributed by atoms with Crippen molar-refractivity contribution in [3.8, 4) is 0 Å². The van der Waals surface area contributed by atoms with Gasteiger partial charge in [0.05, 0.1) is 4.90 Å². The zero-order valence-electron chi connectivity index (χ0n) is 11.4. The molecule has 0 fully saturated rings. The molecule has 0 atom stereocenters. The van der Waals surface area contributed by atoms with Gasteiger partial charge >= 0.3 is 0 Å². The van der Waals surface area contributed by atoms with Crippen LogP contribution in [0.1, 0.15) is 26.0 Å². The molecule has 2 heterocycles. The second-order valence-electron chi connectivity index (χ2n) is 4.82. The van der Waals surface area contributed by atoms with Crippen LogP contribution in [0.15, 0.2) is 28.8 Å². The predicted octanol–water partition coefficient (Wildman–Crippen LogP) is 1.46. The Labute approximate surface area is 114 Å². The lowest BCUT2D eigenvalue weighted by Crippen LogP contribution is -2.35. The van der Waals surface area contributed by atoms with Crippen LogP contribution in [0.3, 0.4) is 0 Å². The van der Waals surface area contributed by atoms with Gasteiger partial charge in [-0.1, -0.05) is 18.6 Å². The van der Waals surface area contributed by atoms with E-state index in [0.29, 0.717) is 24.5 Å². The third-order valence-electron chi connectivity index (χ3n) is 3.22. The van der Waals surface area contributed by atoms with Crippen LogP contribution in [0.2, 0.25) is 0 Å². The standard InChI is InChI=1S/C13H21N3O2S/c1-3-14-8-12-7-13(9-15-12)19(17,18)16-6-4-5-11(2)10-16/h5,7,9,14-15H,3-4,6,8,10H2,1-2H3. The van der Waals surface area contributed by atoms with E-state index in [0.717, 1.165) is 24.2 Å². The van der Waals surface area contributed by atoms with E-state index in [1.54, 1.807) is 16.6 Å². The van der Waals surface area contributed by atoms with Crippen molar-refractivity contribution in [3.63, 3.8) is 0 Å². The Morgan fingerprint density at radius 1 is 1.47 bits per heavy atom. The molecule has 5 nitrogen and oxygen atoms in total. The first-order valence-corrected chi connectivity index (χ1v) is 8.02. The number of sulfonamides is 1. The summed E-state index contributed by atoms with van der Waals surface area (Å²) >= 11 is 0. The van der Waals surface area contributed by atoms with E-state index in [2.05, 4.69) is 16.4 Å². The summed E-state index contributed by atoms with van der Waals surface area (Å²) in [6.07, 6.45) is 4.47. The van der Waals surface area contributed by atoms with Gasteiger partial charge in [0, 0.05) is 31.5 Å². The summed E-state index contributed by atoms with van der Waals surface area (Å²) in [7, 11) is -3.37. The second-order valence-corrected chi connectivity index (χ2v) is 6.76. The van der Waals surface area contributed by atoms with E-state index in [1.165, 1.54) is 0 Å². The van der Waals surface area contributed by atoms with E-state index in [4.69, 9.17) is 0 Å². The third kappa shape index (κ3) is 3.26. The van der Waals surface area contributed by atoms with Gasteiger partial charge in [-0.3, -0.25) is 0 Å². The van der Waals surface area contributed by atoms with Crippen LogP contribution >= 0.6 is 0 Å². The van der Waals surface area contributed by atoms with Crippen molar-refractivity contribution in [1.82, 2.24) is 14.6 Å². The minimum atomic E-state index is -3.37. The molecule has 2 N–H and O–H groups in total. The van der Waals surface area contributed by atoms with Crippen LogP contribution in [-0.2, 0) is 16.6 Å². The van der Waals surface area contributed by atoms with E-state index in [9.17, 15) is 8.42 Å². The maximum Gasteiger partial charge on any atom is 0.244 e. The van der Waals surface area contributed by atoms with Crippen LogP contribution in [0.4, 0.5) is 0 Å². The van der Waals surface area contributed by atoms with E-state index in [1.807, 2.05) is 13.8 Å². The second kappa shape index (κ2) is 5.90. The Bertz CT molecular complexity index is 560. The van der Waals surface area contributed by atoms with Crippen LogP contribution in [-0.4, -0.2) is 37.3 Å². The average molecular weight is 283 g/mol. The summed E-state index contributed by atoms with van der Waals surface area (Å²) in [6.45, 7) is 6.56. The lowest BCUT2D eigenvalue weighted by atomic mass is 10.2. The van der Waals surface area contributed by atoms with Gasteiger partial charge in [0.2, 0.25) is 10.0 Å². The predicted molar refractivity (Wildman–Crippen MR) is 75.3 cm³/mol. The van der Waals surface area contributed by atoms with Gasteiger partial charge in [0.15, 0.2) is 0 Å². The minimum Gasteiger partial charge on any atom is -0.363 e. The quantitative estimate of drug-likeness (QED) is 0.804. The first-order valence-electron chi connectivity index (χ1n) is 6.58. The smallest absolute Gasteiger partial charge is 0.244 e. The molecule has 0 aromatic carbocycles. The third-order valence-corrected chi connectivity index (χ3v) is 5.04. The molecule has 0 amide bonds. The Morgan fingerprint density at radius 3 is 2.95 bits per heavy atom. The minimum absolute atomic E-state index is 0.357. The molecule has 1 aliphatic heterocycles. The molecule has 0 saturated heterocycles. The Hall–Kier alpha value is -1.11. The van der Waals surface area contributed by atoms with Crippen molar-refractivity contribution in [2.75, 3.05) is 19.6 Å². The van der Waals surface area contributed by atoms with Crippen molar-refractivity contribution in [2.45, 2.75) is 31.7 Å². The van der Waals surface area contributed by atoms with Crippen molar-refractivity contribution in [1.29, 1.82) is 0 Å². The molecule has 1 aliphatic rings. The van der Waals surface area contributed by atoms with Crippen molar-refractivity contribution in [2.24, 2.45) is 0 Å². The molecule has 1 aromatic heterocycles. The molecule has 0 aliphatic carbocycles. The molecule has 1 aromatic rings. The van der Waals surface area contributed by atoms with Crippen LogP contribution in [0.25, 0.3) is 0 Å². The first-order chi connectivity index (χ1) is 9.04. The number of nitrogens with zero attached hydrogens (tertiary/aromatic N) is 1. The molecule has 0 saturated carbocycles. The Balaban J connectivity index is 2.15. The van der Waals surface area contributed by atoms with Crippen LogP contribution < -0.4 is 5.32 Å². The number of aromatic nitrogens is 1. The zero-order chi connectivity index (χ0) is 13.9. The van der Waals surface area contributed by atoms with Gasteiger partial charge in [-0.2, -0.15) is 4.31 Å². The van der Waals surface area contributed by atoms with Gasteiger partial charge < -0.3 is 10.3 Å². The lowest BCUT2D eigenvalue weighted by Gasteiger charge is -2.24. The summed E-state index contributed by atoms with van der Waals surface area (Å²) in [5.74, 6) is 0. The van der Waals surface area contributed by atoms with Crippen LogP contribution in [0.5, 0.6) is 0 Å². The highest BCUT2D eigenvalue weighted by Crippen LogP contribution is 2.21. The number of H-pyrrole nitrogens is 1. The SMILES string of the molecule is CCNCc1cc(S(=O)(=O)N2CCC=C(C)C2)c[nH]1. The fourth-order valence-electron chi connectivity index (χ4n) is 2.16. The van der Waals surface area contributed by atoms with Gasteiger partial charge in [0.25, 0.3) is 0 Å². The van der Waals surface area contributed by atoms with E-state index in [-0.39, 0.29) is 0 Å². The molecule has 0 bridgehead atoms. The molecule has 19 heavy (non-hydrogen) atoms. The number of nitrogens with one attached hydrogen (secondary N) is 2. The highest BCUT2D eigenvalue weighted by atomic mass is 32.2. The highest BCUT2D eigenvalue weighted by molar-refractivity contribution is 7.89. The highest BCUT2D eigenvalue weighted by Gasteiger charge is 2.26. The van der Waals surface area contributed by atoms with E-state index < -0.39 is 10.0 Å². The van der Waals surface area contributed by atoms with Gasteiger partial charge in [-0.05, 0) is 26.0 Å². The number of hydrogen-bond acceptors (Lipinski definition) is 3. The van der Waals surface area contributed by atoms with Crippen molar-refractivity contribution in [3.05, 3.63) is 29.6 Å². The Kier molecular flexibility index (Phi) is 4.44. The van der Waals surface area contributed by atoms with Crippen molar-refractivity contribution >= 4 is 10.0 Å². The lowest BCUT2D eigenvalue weighted by molar-refractivity contribution is 0.428. The van der Waals surface area contributed by atoms with Crippen molar-refractivity contribution < 1.29 is 8.42 Å². The zero-order valence-corrected chi connectivity index (χ0v) is 12.3. The number of aromatic amines is 1. The molecule has 2 rings (SSSR count). The summed E-state index contributed by atoms with van der Waals surface area (Å²) in [5, 5.41) is 3.17. The average Bonchev–Trinajstić information content (AvgIpc) is 2.86. The number of rotatable bonds is 5. The number of hydrogen-bond donors (Lipinski definition) is 2. The molecule has 106 valence electrons. The summed E-state index contributed by atoms with van der Waals surface area (Å²) in [6, 6.07) is 1.71. The molecular formula is C13H21N3O2S. The van der Waals surface area contributed by atoms with Gasteiger partial charge in [-0.25, -0.2) is 8.42 Å². The fraction of sp³-hybridized carbons (Fsp3) is 0.538. The van der Waals surface area contributed by atoms with Gasteiger partial charge in [0.1, 0.15) is 0 Å². The molecule has 0 spiro atoms. The topological polar surface area (TPSA) is 65.2 Å². The summed E-state index contributed by atoms with van der Waals surface area (Å²) in [4.78, 5) is 3.37. The molecule has 0 unspecified atom stereocenters.